The number of nitrogens with zero attached hydrogens (tertiary/aromatic N) is 6. The second-order valence-electron chi connectivity index (χ2n) is 9.28. The molecule has 1 aliphatic carbocycles. The molecule has 1 atom stereocenters. The minimum absolute atomic E-state index is 0.0126. The van der Waals surface area contributed by atoms with Crippen molar-refractivity contribution in [1.29, 1.82) is 0 Å². The van der Waals surface area contributed by atoms with Gasteiger partial charge in [0.1, 0.15) is 35.5 Å². The lowest BCUT2D eigenvalue weighted by molar-refractivity contribution is 0.355. The van der Waals surface area contributed by atoms with Crippen molar-refractivity contribution >= 4 is 27.8 Å². The zero-order valence-electron chi connectivity index (χ0n) is 21.2. The molecule has 0 amide bonds. The maximum atomic E-state index is 14.0. The first-order valence-corrected chi connectivity index (χ1v) is 12.4. The molecule has 2 N–H and O–H groups in total. The Kier molecular flexibility index (Phi) is 5.70. The number of aromatic nitrogens is 6. The minimum atomic E-state index is -0.469. The molecule has 194 valence electrons. The Morgan fingerprint density at radius 2 is 1.89 bits per heavy atom. The van der Waals surface area contributed by atoms with Crippen molar-refractivity contribution in [2.75, 3.05) is 20.0 Å². The molecule has 1 fully saturated rings. The molecule has 1 unspecified atom stereocenters. The molecule has 0 aliphatic heterocycles. The highest BCUT2D eigenvalue weighted by Gasteiger charge is 2.33. The summed E-state index contributed by atoms with van der Waals surface area (Å²) in [4.78, 5) is 27.2. The molecular formula is C27H26FN7O3. The molecule has 11 heteroatoms. The van der Waals surface area contributed by atoms with E-state index in [1.807, 2.05) is 19.1 Å². The van der Waals surface area contributed by atoms with Crippen molar-refractivity contribution in [3.63, 3.8) is 0 Å². The molecule has 6 rings (SSSR count). The van der Waals surface area contributed by atoms with Crippen molar-refractivity contribution in [2.24, 2.45) is 0 Å². The van der Waals surface area contributed by atoms with Crippen molar-refractivity contribution in [2.45, 2.75) is 38.3 Å². The Labute approximate surface area is 216 Å². The van der Waals surface area contributed by atoms with Gasteiger partial charge in [0, 0.05) is 11.6 Å². The van der Waals surface area contributed by atoms with Gasteiger partial charge in [0.2, 0.25) is 0 Å². The first kappa shape index (κ1) is 23.8. The maximum Gasteiger partial charge on any atom is 0.261 e. The number of rotatable bonds is 7. The van der Waals surface area contributed by atoms with E-state index in [0.29, 0.717) is 46.0 Å². The zero-order chi connectivity index (χ0) is 26.6. The van der Waals surface area contributed by atoms with E-state index >= 15 is 0 Å². The molecule has 2 aromatic carbocycles. The Hall–Kier alpha value is -4.54. The van der Waals surface area contributed by atoms with Gasteiger partial charge in [0.25, 0.3) is 5.56 Å². The van der Waals surface area contributed by atoms with Gasteiger partial charge < -0.3 is 15.2 Å². The second-order valence-corrected chi connectivity index (χ2v) is 9.28. The van der Waals surface area contributed by atoms with E-state index in [0.717, 1.165) is 18.4 Å². The van der Waals surface area contributed by atoms with Crippen LogP contribution in [-0.4, -0.2) is 43.5 Å². The van der Waals surface area contributed by atoms with E-state index in [2.05, 4.69) is 9.97 Å². The Morgan fingerprint density at radius 3 is 2.61 bits per heavy atom. The fraction of sp³-hybridized carbons (Fsp3) is 0.296. The highest BCUT2D eigenvalue weighted by Crippen LogP contribution is 2.40. The predicted molar refractivity (Wildman–Crippen MR) is 141 cm³/mol. The summed E-state index contributed by atoms with van der Waals surface area (Å²) in [6.45, 7) is 2.00. The first-order chi connectivity index (χ1) is 18.4. The number of benzene rings is 2. The van der Waals surface area contributed by atoms with Gasteiger partial charge in [0.05, 0.1) is 30.5 Å². The van der Waals surface area contributed by atoms with Crippen LogP contribution in [0.15, 0.2) is 47.5 Å². The predicted octanol–water partition coefficient (Wildman–Crippen LogP) is 4.28. The van der Waals surface area contributed by atoms with Gasteiger partial charge >= 0.3 is 0 Å². The summed E-state index contributed by atoms with van der Waals surface area (Å²) in [7, 11) is 3.14. The van der Waals surface area contributed by atoms with Crippen LogP contribution in [0, 0.1) is 5.82 Å². The SMILES string of the molecule is CCC(c1nc2ccc(F)cc2c(=O)n1C1CC1)n1nc(-c2ccc(OC)c(OC)c2)c2c(N)ncnc21. The number of hydrogen-bond acceptors (Lipinski definition) is 8. The van der Waals surface area contributed by atoms with Gasteiger partial charge in [-0.2, -0.15) is 5.10 Å². The Bertz CT molecular complexity index is 1760. The number of ether oxygens (including phenoxy) is 2. The number of nitrogens with two attached hydrogens (primary N) is 1. The largest absolute Gasteiger partial charge is 0.493 e. The molecular weight excluding hydrogens is 489 g/mol. The molecule has 38 heavy (non-hydrogen) atoms. The zero-order valence-corrected chi connectivity index (χ0v) is 21.2. The van der Waals surface area contributed by atoms with Crippen LogP contribution in [0.2, 0.25) is 0 Å². The van der Waals surface area contributed by atoms with Crippen LogP contribution in [0.4, 0.5) is 10.2 Å². The maximum absolute atomic E-state index is 14.0. The third-order valence-electron chi connectivity index (χ3n) is 6.96. The van der Waals surface area contributed by atoms with Crippen molar-refractivity contribution in [1.82, 2.24) is 29.3 Å². The smallest absolute Gasteiger partial charge is 0.261 e. The van der Waals surface area contributed by atoms with Gasteiger partial charge in [-0.15, -0.1) is 0 Å². The number of halogens is 1. The minimum Gasteiger partial charge on any atom is -0.493 e. The van der Waals surface area contributed by atoms with Crippen molar-refractivity contribution in [3.8, 4) is 22.8 Å². The van der Waals surface area contributed by atoms with Gasteiger partial charge in [-0.25, -0.2) is 24.0 Å². The van der Waals surface area contributed by atoms with E-state index in [1.165, 1.54) is 24.5 Å². The van der Waals surface area contributed by atoms with Crippen LogP contribution in [0.5, 0.6) is 11.5 Å². The van der Waals surface area contributed by atoms with Gasteiger partial charge in [-0.05, 0) is 55.7 Å². The second kappa shape index (κ2) is 9.09. The lowest BCUT2D eigenvalue weighted by Crippen LogP contribution is -2.29. The van der Waals surface area contributed by atoms with Crippen LogP contribution in [-0.2, 0) is 0 Å². The molecule has 3 heterocycles. The summed E-state index contributed by atoms with van der Waals surface area (Å²) in [6, 6.07) is 9.15. The van der Waals surface area contributed by atoms with E-state index in [1.54, 1.807) is 29.5 Å². The lowest BCUT2D eigenvalue weighted by atomic mass is 10.1. The van der Waals surface area contributed by atoms with Crippen LogP contribution in [0.3, 0.4) is 0 Å². The van der Waals surface area contributed by atoms with Gasteiger partial charge in [-0.1, -0.05) is 6.92 Å². The van der Waals surface area contributed by atoms with E-state index in [-0.39, 0.29) is 22.8 Å². The topological polar surface area (TPSA) is 123 Å². The summed E-state index contributed by atoms with van der Waals surface area (Å²) >= 11 is 0. The van der Waals surface area contributed by atoms with E-state index in [4.69, 9.17) is 25.3 Å². The number of fused-ring (bicyclic) bond motifs is 2. The molecule has 0 bridgehead atoms. The quantitative estimate of drug-likeness (QED) is 0.341. The highest BCUT2D eigenvalue weighted by atomic mass is 19.1. The molecule has 5 aromatic rings. The monoisotopic (exact) mass is 515 g/mol. The summed E-state index contributed by atoms with van der Waals surface area (Å²) in [5.41, 5.74) is 8.36. The van der Waals surface area contributed by atoms with Gasteiger partial charge in [0.15, 0.2) is 17.1 Å². The van der Waals surface area contributed by atoms with Gasteiger partial charge in [-0.3, -0.25) is 9.36 Å². The standard InChI is InChI=1S/C27H26FN7O3/c1-4-19(25-32-18-9-6-15(28)12-17(18)27(36)34(25)16-7-8-16)35-26-22(24(29)30-13-31-26)23(33-35)14-5-10-20(37-2)21(11-14)38-3/h5-6,9-13,16,19H,4,7-8H2,1-3H3,(H2,29,30,31). The third kappa shape index (κ3) is 3.73. The molecule has 1 saturated carbocycles. The summed E-state index contributed by atoms with van der Waals surface area (Å²) in [5, 5.41) is 5.81. The van der Waals surface area contributed by atoms with Crippen LogP contribution in [0.25, 0.3) is 33.2 Å². The molecule has 0 saturated heterocycles. The Balaban J connectivity index is 1.60. The molecule has 0 radical (unpaired) electrons. The number of methoxy groups -OCH3 is 2. The highest BCUT2D eigenvalue weighted by molar-refractivity contribution is 5.98. The fourth-order valence-electron chi connectivity index (χ4n) is 4.97. The average Bonchev–Trinajstić information content (AvgIpc) is 3.69. The average molecular weight is 516 g/mol. The summed E-state index contributed by atoms with van der Waals surface area (Å²) in [6.07, 6.45) is 3.68. The summed E-state index contributed by atoms with van der Waals surface area (Å²) in [5.74, 6) is 1.49. The Morgan fingerprint density at radius 1 is 1.11 bits per heavy atom. The van der Waals surface area contributed by atoms with E-state index in [9.17, 15) is 9.18 Å². The molecule has 0 spiro atoms. The number of anilines is 1. The van der Waals surface area contributed by atoms with Crippen molar-refractivity contribution in [3.05, 3.63) is 64.7 Å². The number of nitrogen functional groups attached to an aromatic ring is 1. The fourth-order valence-corrected chi connectivity index (χ4v) is 4.97. The molecule has 3 aromatic heterocycles. The summed E-state index contributed by atoms with van der Waals surface area (Å²) < 4.78 is 28.3. The van der Waals surface area contributed by atoms with Crippen LogP contribution < -0.4 is 20.8 Å². The lowest BCUT2D eigenvalue weighted by Gasteiger charge is -2.21. The van der Waals surface area contributed by atoms with Crippen LogP contribution >= 0.6 is 0 Å². The third-order valence-corrected chi connectivity index (χ3v) is 6.96. The normalized spacial score (nSPS) is 14.2. The van der Waals surface area contributed by atoms with Crippen LogP contribution in [0.1, 0.15) is 44.1 Å². The molecule has 1 aliphatic rings. The van der Waals surface area contributed by atoms with E-state index < -0.39 is 11.9 Å². The van der Waals surface area contributed by atoms with Crippen molar-refractivity contribution < 1.29 is 13.9 Å². The number of hydrogen-bond donors (Lipinski definition) is 1. The molecule has 10 nitrogen and oxygen atoms in total. The first-order valence-electron chi connectivity index (χ1n) is 12.4.